The molecule has 0 radical (unpaired) electrons. The van der Waals surface area contributed by atoms with Crippen molar-refractivity contribution in [3.05, 3.63) is 70.1 Å². The maximum atomic E-state index is 14.6. The summed E-state index contributed by atoms with van der Waals surface area (Å²) in [5.41, 5.74) is -2.39. The minimum atomic E-state index is -1.67. The number of esters is 2. The quantitative estimate of drug-likeness (QED) is 0.357. The lowest BCUT2D eigenvalue weighted by Gasteiger charge is -2.07. The first-order valence-corrected chi connectivity index (χ1v) is 8.38. The summed E-state index contributed by atoms with van der Waals surface area (Å²) in [6.07, 6.45) is 0. The van der Waals surface area contributed by atoms with Gasteiger partial charge in [-0.15, -0.1) is 0 Å². The first-order chi connectivity index (χ1) is 13.8. The topological polar surface area (TPSA) is 70.4 Å². The van der Waals surface area contributed by atoms with Crippen LogP contribution < -0.4 is 0 Å². The molecule has 0 saturated heterocycles. The van der Waals surface area contributed by atoms with Gasteiger partial charge in [-0.25, -0.2) is 27.4 Å². The molecule has 0 aliphatic rings. The number of hydrogen-bond acceptors (Lipinski definition) is 5. The number of benzene rings is 2. The van der Waals surface area contributed by atoms with Crippen molar-refractivity contribution in [1.29, 1.82) is 0 Å². The summed E-state index contributed by atoms with van der Waals surface area (Å²) in [4.78, 5) is 24.8. The minimum Gasteiger partial charge on any atom is -0.465 e. The Kier molecular flexibility index (Phi) is 5.60. The number of nitrogens with zero attached hydrogens (tertiary/aromatic N) is 2. The van der Waals surface area contributed by atoms with Gasteiger partial charge in [-0.3, -0.25) is 0 Å². The number of aromatic nitrogens is 2. The van der Waals surface area contributed by atoms with Crippen molar-refractivity contribution in [2.24, 2.45) is 0 Å². The minimum absolute atomic E-state index is 0.277. The second kappa shape index (κ2) is 7.96. The van der Waals surface area contributed by atoms with E-state index in [-0.39, 0.29) is 5.69 Å². The van der Waals surface area contributed by atoms with E-state index >= 15 is 0 Å². The molecule has 150 valence electrons. The van der Waals surface area contributed by atoms with Gasteiger partial charge in [0, 0.05) is 0 Å². The Morgan fingerprint density at radius 1 is 1.00 bits per heavy atom. The standard InChI is InChI=1S/C19H12ClF3N2O4/c1-28-18(26)13-16(12-11(21)8-10(20)14(22)15(12)23)24-25(17(13)19(27)29-2)9-6-4-3-5-7-9/h3-8H,1-2H3. The SMILES string of the molecule is COC(=O)c1c(-c2c(F)cc(Cl)c(F)c2F)nn(-c2ccccc2)c1C(=O)OC. The number of ether oxygens (including phenoxy) is 2. The van der Waals surface area contributed by atoms with Gasteiger partial charge in [0.05, 0.1) is 30.5 Å². The Morgan fingerprint density at radius 2 is 1.62 bits per heavy atom. The van der Waals surface area contributed by atoms with Crippen molar-refractivity contribution >= 4 is 23.5 Å². The average molecular weight is 425 g/mol. The van der Waals surface area contributed by atoms with Gasteiger partial charge in [0.15, 0.2) is 17.3 Å². The van der Waals surface area contributed by atoms with Crippen LogP contribution in [0.5, 0.6) is 0 Å². The smallest absolute Gasteiger partial charge is 0.357 e. The fraction of sp³-hybridized carbons (Fsp3) is 0.105. The van der Waals surface area contributed by atoms with Crippen LogP contribution >= 0.6 is 11.6 Å². The normalized spacial score (nSPS) is 10.7. The molecule has 29 heavy (non-hydrogen) atoms. The third-order valence-corrected chi connectivity index (χ3v) is 4.28. The third-order valence-electron chi connectivity index (χ3n) is 4.01. The van der Waals surface area contributed by atoms with Gasteiger partial charge in [-0.2, -0.15) is 5.10 Å². The lowest BCUT2D eigenvalue weighted by Crippen LogP contribution is -2.15. The first kappa shape index (κ1) is 20.4. The summed E-state index contributed by atoms with van der Waals surface area (Å²) in [7, 11) is 2.05. The Bertz CT molecular complexity index is 1120. The highest BCUT2D eigenvalue weighted by Gasteiger charge is 2.34. The van der Waals surface area contributed by atoms with Crippen LogP contribution in [-0.2, 0) is 9.47 Å². The van der Waals surface area contributed by atoms with Crippen molar-refractivity contribution < 1.29 is 32.2 Å². The second-order valence-corrected chi connectivity index (χ2v) is 6.05. The zero-order chi connectivity index (χ0) is 21.3. The fourth-order valence-corrected chi connectivity index (χ4v) is 2.89. The van der Waals surface area contributed by atoms with Gasteiger partial charge in [0.1, 0.15) is 17.1 Å². The van der Waals surface area contributed by atoms with E-state index in [1.165, 1.54) is 12.1 Å². The number of carbonyl (C=O) groups is 2. The maximum absolute atomic E-state index is 14.6. The highest BCUT2D eigenvalue weighted by atomic mass is 35.5. The van der Waals surface area contributed by atoms with Crippen molar-refractivity contribution in [3.63, 3.8) is 0 Å². The van der Waals surface area contributed by atoms with Crippen molar-refractivity contribution in [1.82, 2.24) is 9.78 Å². The van der Waals surface area contributed by atoms with Crippen LogP contribution in [0.25, 0.3) is 16.9 Å². The van der Waals surface area contributed by atoms with E-state index in [0.29, 0.717) is 6.07 Å². The first-order valence-electron chi connectivity index (χ1n) is 8.00. The van der Waals surface area contributed by atoms with Crippen LogP contribution in [0.1, 0.15) is 20.8 Å². The molecule has 1 heterocycles. The Hall–Kier alpha value is -3.33. The van der Waals surface area contributed by atoms with E-state index in [9.17, 15) is 22.8 Å². The van der Waals surface area contributed by atoms with Gasteiger partial charge in [-0.05, 0) is 18.2 Å². The molecule has 0 bridgehead atoms. The molecule has 0 unspecified atom stereocenters. The van der Waals surface area contributed by atoms with Gasteiger partial charge >= 0.3 is 11.9 Å². The highest BCUT2D eigenvalue weighted by Crippen LogP contribution is 2.35. The lowest BCUT2D eigenvalue weighted by atomic mass is 10.0. The number of rotatable bonds is 4. The highest BCUT2D eigenvalue weighted by molar-refractivity contribution is 6.30. The predicted molar refractivity (Wildman–Crippen MR) is 96.6 cm³/mol. The molecule has 0 atom stereocenters. The molecule has 0 fully saturated rings. The summed E-state index contributed by atoms with van der Waals surface area (Å²) in [6, 6.07) is 8.49. The van der Waals surface area contributed by atoms with Crippen LogP contribution in [0.15, 0.2) is 36.4 Å². The van der Waals surface area contributed by atoms with E-state index < -0.39 is 56.9 Å². The molecule has 0 spiro atoms. The molecular formula is C19H12ClF3N2O4. The van der Waals surface area contributed by atoms with Crippen LogP contribution in [-0.4, -0.2) is 35.9 Å². The van der Waals surface area contributed by atoms with Gasteiger partial charge in [-0.1, -0.05) is 29.8 Å². The van der Waals surface area contributed by atoms with E-state index in [0.717, 1.165) is 18.9 Å². The molecule has 0 saturated carbocycles. The monoisotopic (exact) mass is 424 g/mol. The fourth-order valence-electron chi connectivity index (χ4n) is 2.71. The van der Waals surface area contributed by atoms with Crippen molar-refractivity contribution in [2.75, 3.05) is 14.2 Å². The summed E-state index contributed by atoms with van der Waals surface area (Å²) in [5, 5.41) is 3.21. The third kappa shape index (κ3) is 3.44. The molecular weight excluding hydrogens is 413 g/mol. The lowest BCUT2D eigenvalue weighted by molar-refractivity contribution is 0.0549. The molecule has 6 nitrogen and oxygen atoms in total. The van der Waals surface area contributed by atoms with Gasteiger partial charge in [0.2, 0.25) is 0 Å². The van der Waals surface area contributed by atoms with Crippen LogP contribution in [0.3, 0.4) is 0 Å². The molecule has 10 heteroatoms. The molecule has 3 rings (SSSR count). The molecule has 0 amide bonds. The second-order valence-electron chi connectivity index (χ2n) is 5.65. The largest absolute Gasteiger partial charge is 0.465 e. The molecule has 0 N–H and O–H groups in total. The van der Waals surface area contributed by atoms with Gasteiger partial charge in [0.25, 0.3) is 0 Å². The van der Waals surface area contributed by atoms with Crippen molar-refractivity contribution in [2.45, 2.75) is 0 Å². The van der Waals surface area contributed by atoms with Crippen LogP contribution in [0.4, 0.5) is 13.2 Å². The summed E-state index contributed by atoms with van der Waals surface area (Å²) >= 11 is 5.47. The zero-order valence-corrected chi connectivity index (χ0v) is 15.8. The van der Waals surface area contributed by atoms with E-state index in [1.807, 2.05) is 0 Å². The molecule has 1 aromatic heterocycles. The molecule has 2 aromatic carbocycles. The number of halogens is 4. The number of methoxy groups -OCH3 is 2. The van der Waals surface area contributed by atoms with Gasteiger partial charge < -0.3 is 9.47 Å². The van der Waals surface area contributed by atoms with E-state index in [1.54, 1.807) is 18.2 Å². The number of carbonyl (C=O) groups excluding carboxylic acids is 2. The Balaban J connectivity index is 2.46. The predicted octanol–water partition coefficient (Wildman–Crippen LogP) is 4.18. The Labute approximate surface area is 167 Å². The zero-order valence-electron chi connectivity index (χ0n) is 15.0. The van der Waals surface area contributed by atoms with Crippen LogP contribution in [0.2, 0.25) is 5.02 Å². The van der Waals surface area contributed by atoms with E-state index in [2.05, 4.69) is 9.84 Å². The molecule has 0 aliphatic carbocycles. The number of hydrogen-bond donors (Lipinski definition) is 0. The average Bonchev–Trinajstić information content (AvgIpc) is 3.11. The van der Waals surface area contributed by atoms with Crippen molar-refractivity contribution in [3.8, 4) is 16.9 Å². The Morgan fingerprint density at radius 3 is 2.21 bits per heavy atom. The summed E-state index contributed by atoms with van der Waals surface area (Å²) < 4.78 is 53.4. The molecule has 0 aliphatic heterocycles. The molecule has 3 aromatic rings. The number of para-hydroxylation sites is 1. The van der Waals surface area contributed by atoms with E-state index in [4.69, 9.17) is 16.3 Å². The maximum Gasteiger partial charge on any atom is 0.357 e. The summed E-state index contributed by atoms with van der Waals surface area (Å²) in [6.45, 7) is 0. The van der Waals surface area contributed by atoms with Crippen LogP contribution in [0, 0.1) is 17.5 Å². The summed E-state index contributed by atoms with van der Waals surface area (Å²) in [5.74, 6) is -6.64.